The van der Waals surface area contributed by atoms with Crippen LogP contribution >= 0.6 is 11.8 Å². The second-order valence-electron chi connectivity index (χ2n) is 4.61. The van der Waals surface area contributed by atoms with E-state index in [1.807, 2.05) is 11.8 Å². The van der Waals surface area contributed by atoms with Crippen LogP contribution in [-0.2, 0) is 4.79 Å². The molecule has 3 nitrogen and oxygen atoms in total. The fraction of sp³-hybridized carbons (Fsp3) is 0.909. The van der Waals surface area contributed by atoms with Crippen LogP contribution in [0.3, 0.4) is 0 Å². The van der Waals surface area contributed by atoms with Gasteiger partial charge in [-0.1, -0.05) is 6.92 Å². The van der Waals surface area contributed by atoms with Crippen molar-refractivity contribution in [3.63, 3.8) is 0 Å². The zero-order chi connectivity index (χ0) is 13.8. The molecule has 106 valence electrons. The maximum absolute atomic E-state index is 12.0. The fourth-order valence-corrected chi connectivity index (χ4v) is 2.90. The Morgan fingerprint density at radius 3 is 2.67 bits per heavy atom. The number of carboxylic acid groups (broad SMARTS) is 1. The lowest BCUT2D eigenvalue weighted by atomic mass is 9.78. The first-order valence-corrected chi connectivity index (χ1v) is 6.94. The number of thioether (sulfide) groups is 1. The Hall–Kier alpha value is -0.430. The summed E-state index contributed by atoms with van der Waals surface area (Å²) in [6.45, 7) is 3.16. The number of halogens is 3. The van der Waals surface area contributed by atoms with Crippen LogP contribution in [-0.4, -0.2) is 46.9 Å². The molecular weight excluding hydrogens is 267 g/mol. The summed E-state index contributed by atoms with van der Waals surface area (Å²) in [5.41, 5.74) is -4.98. The highest BCUT2D eigenvalue weighted by Crippen LogP contribution is 2.34. The summed E-state index contributed by atoms with van der Waals surface area (Å²) in [5.74, 6) is -0.874. The summed E-state index contributed by atoms with van der Waals surface area (Å²) in [6, 6.07) is 0. The van der Waals surface area contributed by atoms with Gasteiger partial charge in [-0.3, -0.25) is 4.79 Å². The lowest BCUT2D eigenvalue weighted by Crippen LogP contribution is -2.48. The summed E-state index contributed by atoms with van der Waals surface area (Å²) in [7, 11) is 0. The van der Waals surface area contributed by atoms with Gasteiger partial charge >= 0.3 is 11.5 Å². The molecule has 18 heavy (non-hydrogen) atoms. The Morgan fingerprint density at radius 2 is 2.17 bits per heavy atom. The van der Waals surface area contributed by atoms with Gasteiger partial charge in [0.15, 0.2) is 0 Å². The van der Waals surface area contributed by atoms with Gasteiger partial charge in [0, 0.05) is 18.8 Å². The van der Waals surface area contributed by atoms with Gasteiger partial charge in [-0.25, -0.2) is 0 Å². The first-order chi connectivity index (χ1) is 8.29. The Labute approximate surface area is 109 Å². The fourth-order valence-electron chi connectivity index (χ4n) is 2.32. The normalized spacial score (nSPS) is 26.2. The quantitative estimate of drug-likeness (QED) is 0.843. The van der Waals surface area contributed by atoms with Crippen LogP contribution in [0.25, 0.3) is 0 Å². The van der Waals surface area contributed by atoms with Crippen LogP contribution in [0, 0.1) is 5.41 Å². The number of aliphatic carboxylic acids is 1. The molecular formula is C11H18F3NO2S. The van der Waals surface area contributed by atoms with Gasteiger partial charge in [-0.15, -0.1) is 0 Å². The maximum atomic E-state index is 12.0. The smallest absolute Gasteiger partial charge is 0.441 e. The number of carbonyl (C=O) groups is 1. The molecule has 7 heteroatoms. The van der Waals surface area contributed by atoms with Crippen molar-refractivity contribution in [2.75, 3.05) is 25.4 Å². The number of alkyl halides is 3. The Balaban J connectivity index is 2.46. The van der Waals surface area contributed by atoms with E-state index in [1.54, 1.807) is 0 Å². The van der Waals surface area contributed by atoms with Gasteiger partial charge in [0.1, 0.15) is 0 Å². The van der Waals surface area contributed by atoms with E-state index in [1.165, 1.54) is 0 Å². The molecule has 1 rings (SSSR count). The molecule has 1 aliphatic heterocycles. The molecule has 0 aromatic carbocycles. The second-order valence-corrected chi connectivity index (χ2v) is 5.77. The zero-order valence-corrected chi connectivity index (χ0v) is 11.1. The van der Waals surface area contributed by atoms with E-state index in [-0.39, 0.29) is 17.5 Å². The molecule has 1 saturated heterocycles. The lowest BCUT2D eigenvalue weighted by molar-refractivity contribution is -0.152. The van der Waals surface area contributed by atoms with Crippen molar-refractivity contribution in [3.8, 4) is 0 Å². The Bertz CT molecular complexity index is 299. The number of piperidine rings is 1. The average molecular weight is 285 g/mol. The van der Waals surface area contributed by atoms with E-state index in [2.05, 4.69) is 0 Å². The minimum Gasteiger partial charge on any atom is -0.481 e. The minimum absolute atomic E-state index is 0.0388. The van der Waals surface area contributed by atoms with Crippen LogP contribution in [0.5, 0.6) is 0 Å². The molecule has 0 aromatic heterocycles. The number of nitrogens with zero attached hydrogens (tertiary/aromatic N) is 1. The van der Waals surface area contributed by atoms with Gasteiger partial charge in [-0.05, 0) is 37.6 Å². The standard InChI is InChI=1S/C11H18F3NO2S/c1-2-10(9(16)17)4-3-5-15(8-10)6-7-18-11(12,13)14/h2-8H2,1H3,(H,16,17). The third-order valence-electron chi connectivity index (χ3n) is 3.46. The molecule has 1 fully saturated rings. The van der Waals surface area contributed by atoms with E-state index in [9.17, 15) is 23.1 Å². The zero-order valence-electron chi connectivity index (χ0n) is 10.3. The van der Waals surface area contributed by atoms with Crippen molar-refractivity contribution in [3.05, 3.63) is 0 Å². The summed E-state index contributed by atoms with van der Waals surface area (Å²) >= 11 is -0.0457. The van der Waals surface area contributed by atoms with Gasteiger partial charge in [0.2, 0.25) is 0 Å². The van der Waals surface area contributed by atoms with Crippen molar-refractivity contribution in [2.45, 2.75) is 31.7 Å². The number of hydrogen-bond acceptors (Lipinski definition) is 3. The van der Waals surface area contributed by atoms with Gasteiger partial charge in [-0.2, -0.15) is 13.2 Å². The predicted octanol–water partition coefficient (Wildman–Crippen LogP) is 2.82. The van der Waals surface area contributed by atoms with E-state index in [0.717, 1.165) is 6.42 Å². The van der Waals surface area contributed by atoms with Crippen molar-refractivity contribution >= 4 is 17.7 Å². The molecule has 0 saturated carbocycles. The van der Waals surface area contributed by atoms with Gasteiger partial charge in [0.05, 0.1) is 5.41 Å². The molecule has 0 radical (unpaired) electrons. The molecule has 0 aliphatic carbocycles. The number of carboxylic acids is 1. The van der Waals surface area contributed by atoms with Crippen molar-refractivity contribution < 1.29 is 23.1 Å². The summed E-state index contributed by atoms with van der Waals surface area (Å²) in [5, 5.41) is 9.25. The second kappa shape index (κ2) is 6.14. The van der Waals surface area contributed by atoms with E-state index in [0.29, 0.717) is 32.5 Å². The predicted molar refractivity (Wildman–Crippen MR) is 64.5 cm³/mol. The number of rotatable bonds is 5. The van der Waals surface area contributed by atoms with E-state index in [4.69, 9.17) is 0 Å². The van der Waals surface area contributed by atoms with Crippen molar-refractivity contribution in [1.82, 2.24) is 4.90 Å². The maximum Gasteiger partial charge on any atom is 0.441 e. The molecule has 1 N–H and O–H groups in total. The number of likely N-dealkylation sites (tertiary alicyclic amines) is 1. The van der Waals surface area contributed by atoms with Crippen LogP contribution in [0.4, 0.5) is 13.2 Å². The molecule has 0 bridgehead atoms. The molecule has 1 unspecified atom stereocenters. The van der Waals surface area contributed by atoms with Crippen molar-refractivity contribution in [2.24, 2.45) is 5.41 Å². The molecule has 0 spiro atoms. The van der Waals surface area contributed by atoms with Crippen molar-refractivity contribution in [1.29, 1.82) is 0 Å². The summed E-state index contributed by atoms with van der Waals surface area (Å²) < 4.78 is 36.0. The third kappa shape index (κ3) is 4.35. The third-order valence-corrected chi connectivity index (χ3v) is 4.17. The molecule has 0 aromatic rings. The van der Waals surface area contributed by atoms with E-state index < -0.39 is 16.9 Å². The average Bonchev–Trinajstić information content (AvgIpc) is 2.27. The lowest BCUT2D eigenvalue weighted by Gasteiger charge is -2.39. The highest BCUT2D eigenvalue weighted by molar-refractivity contribution is 8.00. The topological polar surface area (TPSA) is 40.5 Å². The van der Waals surface area contributed by atoms with Crippen LogP contribution in [0.15, 0.2) is 0 Å². The highest BCUT2D eigenvalue weighted by Gasteiger charge is 2.40. The van der Waals surface area contributed by atoms with Crippen LogP contribution in [0.1, 0.15) is 26.2 Å². The largest absolute Gasteiger partial charge is 0.481 e. The van der Waals surface area contributed by atoms with Gasteiger partial charge < -0.3 is 10.0 Å². The van der Waals surface area contributed by atoms with E-state index >= 15 is 0 Å². The molecule has 0 amide bonds. The Morgan fingerprint density at radius 1 is 1.50 bits per heavy atom. The van der Waals surface area contributed by atoms with Gasteiger partial charge in [0.25, 0.3) is 0 Å². The summed E-state index contributed by atoms with van der Waals surface area (Å²) in [6.07, 6.45) is 1.86. The number of hydrogen-bond donors (Lipinski definition) is 1. The molecule has 1 heterocycles. The first kappa shape index (κ1) is 15.6. The van der Waals surface area contributed by atoms with Crippen LogP contribution < -0.4 is 0 Å². The molecule has 1 atom stereocenters. The summed E-state index contributed by atoms with van der Waals surface area (Å²) in [4.78, 5) is 13.1. The molecule has 1 aliphatic rings. The highest BCUT2D eigenvalue weighted by atomic mass is 32.2. The monoisotopic (exact) mass is 285 g/mol. The Kier molecular flexibility index (Phi) is 5.33. The first-order valence-electron chi connectivity index (χ1n) is 5.95. The van der Waals surface area contributed by atoms with Crippen LogP contribution in [0.2, 0.25) is 0 Å². The minimum atomic E-state index is -4.20. The SMILES string of the molecule is CCC1(C(=O)O)CCCN(CCSC(F)(F)F)C1.